The minimum absolute atomic E-state index is 0.0313. The normalized spacial score (nSPS) is 9.10. The van der Waals surface area contributed by atoms with E-state index in [-0.39, 0.29) is 5.57 Å². The van der Waals surface area contributed by atoms with Crippen molar-refractivity contribution < 1.29 is 4.74 Å². The van der Waals surface area contributed by atoms with Crippen LogP contribution in [-0.4, -0.2) is 7.11 Å². The van der Waals surface area contributed by atoms with Gasteiger partial charge in [-0.15, -0.1) is 0 Å². The van der Waals surface area contributed by atoms with Gasteiger partial charge in [-0.05, 0) is 23.8 Å². The second-order valence-electron chi connectivity index (χ2n) is 4.20. The zero-order chi connectivity index (χ0) is 15.1. The van der Waals surface area contributed by atoms with Crippen LogP contribution < -0.4 is 10.1 Å². The van der Waals surface area contributed by atoms with E-state index in [9.17, 15) is 0 Å². The third-order valence-electron chi connectivity index (χ3n) is 2.93. The highest BCUT2D eigenvalue weighted by Gasteiger charge is 2.04. The average molecular weight is 275 g/mol. The Bertz CT molecular complexity index is 718. The number of hydrogen-bond donors (Lipinski definition) is 1. The topological polar surface area (TPSA) is 68.8 Å². The molecule has 1 N–H and O–H groups in total. The molecule has 102 valence electrons. The van der Waals surface area contributed by atoms with Crippen LogP contribution in [0.3, 0.4) is 0 Å². The Labute approximate surface area is 123 Å². The highest BCUT2D eigenvalue weighted by Crippen LogP contribution is 2.30. The van der Waals surface area contributed by atoms with Crippen LogP contribution in [0.2, 0.25) is 0 Å². The smallest absolute Gasteiger partial charge is 0.145 e. The van der Waals surface area contributed by atoms with E-state index < -0.39 is 0 Å². The lowest BCUT2D eigenvalue weighted by Crippen LogP contribution is -1.90. The fourth-order valence-corrected chi connectivity index (χ4v) is 1.87. The average Bonchev–Trinajstić information content (AvgIpc) is 2.56. The van der Waals surface area contributed by atoms with E-state index in [4.69, 9.17) is 15.3 Å². The zero-order valence-corrected chi connectivity index (χ0v) is 11.5. The van der Waals surface area contributed by atoms with E-state index >= 15 is 0 Å². The fourth-order valence-electron chi connectivity index (χ4n) is 1.87. The number of ether oxygens (including phenoxy) is 1. The van der Waals surface area contributed by atoms with Gasteiger partial charge in [-0.25, -0.2) is 0 Å². The minimum Gasteiger partial charge on any atom is -0.496 e. The van der Waals surface area contributed by atoms with E-state index in [1.54, 1.807) is 19.2 Å². The summed E-state index contributed by atoms with van der Waals surface area (Å²) < 4.78 is 5.34. The first kappa shape index (κ1) is 14.2. The van der Waals surface area contributed by atoms with Crippen molar-refractivity contribution in [1.29, 1.82) is 10.5 Å². The molecule has 0 spiro atoms. The predicted molar refractivity (Wildman–Crippen MR) is 81.4 cm³/mol. The van der Waals surface area contributed by atoms with E-state index in [0.29, 0.717) is 0 Å². The molecule has 0 unspecified atom stereocenters. The van der Waals surface area contributed by atoms with E-state index in [0.717, 1.165) is 22.6 Å². The standard InChI is InChI=1S/C17H13N3O/c1-21-17-5-3-2-4-16(17)14-6-8-15(9-7-14)20-12-13(10-18)11-19/h2-9,12,20H,1H3. The molecule has 2 aromatic rings. The molecular formula is C17H13N3O. The minimum atomic E-state index is 0.0313. The third kappa shape index (κ3) is 3.40. The van der Waals surface area contributed by atoms with Crippen molar-refractivity contribution in [2.24, 2.45) is 0 Å². The van der Waals surface area contributed by atoms with E-state index in [2.05, 4.69) is 5.32 Å². The Kier molecular flexibility index (Phi) is 4.58. The summed E-state index contributed by atoms with van der Waals surface area (Å²) in [6, 6.07) is 19.0. The molecule has 4 nitrogen and oxygen atoms in total. The number of nitrogens with one attached hydrogen (secondary N) is 1. The number of anilines is 1. The van der Waals surface area contributed by atoms with Crippen LogP contribution in [0.5, 0.6) is 5.75 Å². The number of para-hydroxylation sites is 1. The maximum Gasteiger partial charge on any atom is 0.145 e. The van der Waals surface area contributed by atoms with Gasteiger partial charge in [0.25, 0.3) is 0 Å². The second-order valence-corrected chi connectivity index (χ2v) is 4.20. The summed E-state index contributed by atoms with van der Waals surface area (Å²) in [6.07, 6.45) is 1.39. The Hall–Kier alpha value is -3.24. The third-order valence-corrected chi connectivity index (χ3v) is 2.93. The van der Waals surface area contributed by atoms with Gasteiger partial charge in [0.2, 0.25) is 0 Å². The Morgan fingerprint density at radius 3 is 2.33 bits per heavy atom. The van der Waals surface area contributed by atoms with Gasteiger partial charge in [-0.1, -0.05) is 30.3 Å². The van der Waals surface area contributed by atoms with Crippen LogP contribution in [0.1, 0.15) is 0 Å². The lowest BCUT2D eigenvalue weighted by Gasteiger charge is -2.09. The van der Waals surface area contributed by atoms with Crippen LogP contribution in [0, 0.1) is 22.7 Å². The number of nitriles is 2. The Balaban J connectivity index is 2.22. The monoisotopic (exact) mass is 275 g/mol. The summed E-state index contributed by atoms with van der Waals surface area (Å²) in [7, 11) is 1.64. The first-order valence-corrected chi connectivity index (χ1v) is 6.29. The van der Waals surface area contributed by atoms with Gasteiger partial charge in [0.05, 0.1) is 7.11 Å². The van der Waals surface area contributed by atoms with Gasteiger partial charge in [0.15, 0.2) is 0 Å². The largest absolute Gasteiger partial charge is 0.496 e. The number of nitrogens with zero attached hydrogens (tertiary/aromatic N) is 2. The van der Waals surface area contributed by atoms with Crippen molar-refractivity contribution in [1.82, 2.24) is 0 Å². The number of allylic oxidation sites excluding steroid dienone is 1. The molecule has 4 heteroatoms. The van der Waals surface area contributed by atoms with E-state index in [1.165, 1.54) is 6.20 Å². The number of methoxy groups -OCH3 is 1. The van der Waals surface area contributed by atoms with Crippen LogP contribution in [-0.2, 0) is 0 Å². The van der Waals surface area contributed by atoms with Crippen LogP contribution in [0.4, 0.5) is 5.69 Å². The van der Waals surface area contributed by atoms with Crippen molar-refractivity contribution in [3.8, 4) is 29.0 Å². The van der Waals surface area contributed by atoms with Crippen molar-refractivity contribution in [2.75, 3.05) is 12.4 Å². The van der Waals surface area contributed by atoms with Gasteiger partial charge < -0.3 is 10.1 Å². The second kappa shape index (κ2) is 6.79. The summed E-state index contributed by atoms with van der Waals surface area (Å²) in [4.78, 5) is 0. The molecule has 0 amide bonds. The molecular weight excluding hydrogens is 262 g/mol. The van der Waals surface area contributed by atoms with Crippen LogP contribution in [0.25, 0.3) is 11.1 Å². The molecule has 0 aromatic heterocycles. The molecule has 0 saturated carbocycles. The van der Waals surface area contributed by atoms with Crippen LogP contribution >= 0.6 is 0 Å². The van der Waals surface area contributed by atoms with Gasteiger partial charge in [-0.2, -0.15) is 10.5 Å². The summed E-state index contributed by atoms with van der Waals surface area (Å²) in [5, 5.41) is 20.2. The number of hydrogen-bond acceptors (Lipinski definition) is 4. The molecule has 0 saturated heterocycles. The summed E-state index contributed by atoms with van der Waals surface area (Å²) in [5.74, 6) is 0.814. The van der Waals surface area contributed by atoms with Crippen LogP contribution in [0.15, 0.2) is 60.3 Å². The quantitative estimate of drug-likeness (QED) is 0.864. The van der Waals surface area contributed by atoms with Crippen molar-refractivity contribution >= 4 is 5.69 Å². The van der Waals surface area contributed by atoms with Gasteiger partial charge in [-0.3, -0.25) is 0 Å². The van der Waals surface area contributed by atoms with Crippen molar-refractivity contribution in [3.05, 3.63) is 60.3 Å². The molecule has 0 bridgehead atoms. The molecule has 21 heavy (non-hydrogen) atoms. The SMILES string of the molecule is COc1ccccc1-c1ccc(NC=C(C#N)C#N)cc1. The van der Waals surface area contributed by atoms with Crippen molar-refractivity contribution in [2.45, 2.75) is 0 Å². The number of rotatable bonds is 4. The molecule has 0 aliphatic carbocycles. The van der Waals surface area contributed by atoms with Gasteiger partial charge >= 0.3 is 0 Å². The highest BCUT2D eigenvalue weighted by atomic mass is 16.5. The fraction of sp³-hybridized carbons (Fsp3) is 0.0588. The predicted octanol–water partition coefficient (Wildman–Crippen LogP) is 3.71. The molecule has 0 atom stereocenters. The maximum atomic E-state index is 8.66. The first-order chi connectivity index (χ1) is 10.3. The molecule has 0 heterocycles. The first-order valence-electron chi connectivity index (χ1n) is 6.29. The van der Waals surface area contributed by atoms with Gasteiger partial charge in [0, 0.05) is 17.5 Å². The summed E-state index contributed by atoms with van der Waals surface area (Å²) in [5.41, 5.74) is 2.88. The number of benzene rings is 2. The molecule has 0 aliphatic heterocycles. The zero-order valence-electron chi connectivity index (χ0n) is 11.5. The lowest BCUT2D eigenvalue weighted by atomic mass is 10.0. The van der Waals surface area contributed by atoms with E-state index in [1.807, 2.05) is 48.5 Å². The molecule has 0 aliphatic rings. The maximum absolute atomic E-state index is 8.66. The molecule has 0 radical (unpaired) electrons. The summed E-state index contributed by atoms with van der Waals surface area (Å²) in [6.45, 7) is 0. The molecule has 2 aromatic carbocycles. The summed E-state index contributed by atoms with van der Waals surface area (Å²) >= 11 is 0. The molecule has 2 rings (SSSR count). The van der Waals surface area contributed by atoms with Gasteiger partial charge in [0.1, 0.15) is 23.5 Å². The Morgan fingerprint density at radius 1 is 1.05 bits per heavy atom. The molecule has 0 fully saturated rings. The lowest BCUT2D eigenvalue weighted by molar-refractivity contribution is 0.416. The van der Waals surface area contributed by atoms with Crippen molar-refractivity contribution in [3.63, 3.8) is 0 Å². The Morgan fingerprint density at radius 2 is 1.71 bits per heavy atom. The highest BCUT2D eigenvalue weighted by molar-refractivity contribution is 5.72.